The highest BCUT2D eigenvalue weighted by Crippen LogP contribution is 2.31. The molecule has 0 saturated heterocycles. The second-order valence-electron chi connectivity index (χ2n) is 4.64. The summed E-state index contributed by atoms with van der Waals surface area (Å²) in [5.74, 6) is 0.304. The Bertz CT molecular complexity index is 671. The minimum atomic E-state index is -4.36. The van der Waals surface area contributed by atoms with Crippen LogP contribution in [-0.2, 0) is 23.9 Å². The van der Waals surface area contributed by atoms with Crippen molar-refractivity contribution in [2.75, 3.05) is 6.61 Å². The van der Waals surface area contributed by atoms with Crippen molar-refractivity contribution in [1.29, 1.82) is 0 Å². The van der Waals surface area contributed by atoms with Gasteiger partial charge in [-0.3, -0.25) is 0 Å². The van der Waals surface area contributed by atoms with E-state index in [4.69, 9.17) is 16.3 Å². The fraction of sp³-hybridized carbons (Fsp3) is 0.286. The van der Waals surface area contributed by atoms with Gasteiger partial charge in [0, 0.05) is 17.5 Å². The molecule has 1 aliphatic rings. The Balaban J connectivity index is 1.99. The van der Waals surface area contributed by atoms with E-state index in [2.05, 4.69) is 9.97 Å². The summed E-state index contributed by atoms with van der Waals surface area (Å²) in [6.07, 6.45) is -3.72. The lowest BCUT2D eigenvalue weighted by Crippen LogP contribution is -2.14. The predicted molar refractivity (Wildman–Crippen MR) is 70.8 cm³/mol. The minimum absolute atomic E-state index is 0.304. The van der Waals surface area contributed by atoms with Crippen molar-refractivity contribution >= 4 is 11.6 Å². The van der Waals surface area contributed by atoms with Crippen molar-refractivity contribution in [2.24, 2.45) is 0 Å². The second-order valence-corrected chi connectivity index (χ2v) is 5.00. The lowest BCUT2D eigenvalue weighted by molar-refractivity contribution is -0.137. The summed E-state index contributed by atoms with van der Waals surface area (Å²) in [5, 5.41) is 0.332. The van der Waals surface area contributed by atoms with Crippen molar-refractivity contribution in [1.82, 2.24) is 9.97 Å². The summed E-state index contributed by atoms with van der Waals surface area (Å²) in [6, 6.07) is 4.68. The van der Waals surface area contributed by atoms with Crippen LogP contribution in [0, 0.1) is 0 Å². The number of rotatable bonds is 1. The molecule has 0 aliphatic carbocycles. The van der Waals surface area contributed by atoms with Crippen LogP contribution in [0.5, 0.6) is 0 Å². The number of nitrogens with zero attached hydrogens (tertiary/aromatic N) is 2. The fourth-order valence-corrected chi connectivity index (χ4v) is 2.43. The molecular weight excluding hydrogens is 305 g/mol. The zero-order valence-corrected chi connectivity index (χ0v) is 11.5. The van der Waals surface area contributed by atoms with Gasteiger partial charge in [-0.1, -0.05) is 23.7 Å². The Labute approximate surface area is 123 Å². The fourth-order valence-electron chi connectivity index (χ4n) is 2.15. The molecule has 0 amide bonds. The van der Waals surface area contributed by atoms with Gasteiger partial charge in [0.15, 0.2) is 5.82 Å². The molecule has 0 saturated carbocycles. The van der Waals surface area contributed by atoms with E-state index in [0.29, 0.717) is 41.9 Å². The van der Waals surface area contributed by atoms with Crippen LogP contribution in [0.25, 0.3) is 11.4 Å². The first-order valence-corrected chi connectivity index (χ1v) is 6.63. The van der Waals surface area contributed by atoms with Crippen molar-refractivity contribution in [3.05, 3.63) is 46.2 Å². The minimum Gasteiger partial charge on any atom is -0.375 e. The summed E-state index contributed by atoms with van der Waals surface area (Å²) in [7, 11) is 0. The third-order valence-electron chi connectivity index (χ3n) is 3.25. The number of hydrogen-bond donors (Lipinski definition) is 0. The van der Waals surface area contributed by atoms with Crippen LogP contribution in [0.2, 0.25) is 5.15 Å². The monoisotopic (exact) mass is 314 g/mol. The smallest absolute Gasteiger partial charge is 0.375 e. The molecule has 1 aromatic heterocycles. The number of halogens is 4. The first kappa shape index (κ1) is 14.3. The zero-order valence-electron chi connectivity index (χ0n) is 10.7. The number of aromatic nitrogens is 2. The summed E-state index contributed by atoms with van der Waals surface area (Å²) in [5.41, 5.74) is 1.31. The standard InChI is InChI=1S/C14H10ClF3N2O/c15-12-10-5-6-21-7-11(10)19-13(20-12)8-1-3-9(4-2-8)14(16,17)18/h1-4H,5-7H2. The normalized spacial score (nSPS) is 14.9. The van der Waals surface area contributed by atoms with Gasteiger partial charge >= 0.3 is 6.18 Å². The molecule has 0 fully saturated rings. The van der Waals surface area contributed by atoms with Gasteiger partial charge in [0.2, 0.25) is 0 Å². The Morgan fingerprint density at radius 1 is 1.10 bits per heavy atom. The van der Waals surface area contributed by atoms with Crippen LogP contribution in [0.3, 0.4) is 0 Å². The van der Waals surface area contributed by atoms with Gasteiger partial charge in [-0.05, 0) is 12.1 Å². The molecule has 0 N–H and O–H groups in total. The van der Waals surface area contributed by atoms with Crippen molar-refractivity contribution in [2.45, 2.75) is 19.2 Å². The number of benzene rings is 1. The number of fused-ring (bicyclic) bond motifs is 1. The molecule has 3 rings (SSSR count). The van der Waals surface area contributed by atoms with Crippen LogP contribution in [0.1, 0.15) is 16.8 Å². The molecule has 2 heterocycles. The van der Waals surface area contributed by atoms with Crippen LogP contribution >= 0.6 is 11.6 Å². The summed E-state index contributed by atoms with van der Waals surface area (Å²) >= 11 is 6.11. The van der Waals surface area contributed by atoms with Gasteiger partial charge in [-0.25, -0.2) is 9.97 Å². The maximum absolute atomic E-state index is 12.5. The highest BCUT2D eigenvalue weighted by molar-refractivity contribution is 6.30. The second kappa shape index (κ2) is 5.27. The van der Waals surface area contributed by atoms with E-state index >= 15 is 0 Å². The lowest BCUT2D eigenvalue weighted by atomic mass is 10.1. The maximum Gasteiger partial charge on any atom is 0.416 e. The summed E-state index contributed by atoms with van der Waals surface area (Å²) in [6.45, 7) is 0.904. The van der Waals surface area contributed by atoms with Gasteiger partial charge in [-0.15, -0.1) is 0 Å². The van der Waals surface area contributed by atoms with E-state index in [0.717, 1.165) is 17.7 Å². The Morgan fingerprint density at radius 2 is 1.81 bits per heavy atom. The molecule has 2 aromatic rings. The molecule has 0 radical (unpaired) electrons. The van der Waals surface area contributed by atoms with E-state index in [-0.39, 0.29) is 0 Å². The summed E-state index contributed by atoms with van der Waals surface area (Å²) < 4.78 is 42.9. The van der Waals surface area contributed by atoms with Gasteiger partial charge in [0.1, 0.15) is 5.15 Å². The predicted octanol–water partition coefficient (Wildman–Crippen LogP) is 3.89. The molecule has 110 valence electrons. The average Bonchev–Trinajstić information content (AvgIpc) is 2.46. The first-order valence-electron chi connectivity index (χ1n) is 6.26. The number of ether oxygens (including phenoxy) is 1. The molecular formula is C14H10ClF3N2O. The molecule has 0 unspecified atom stereocenters. The van der Waals surface area contributed by atoms with Crippen LogP contribution in [-0.4, -0.2) is 16.6 Å². The molecule has 7 heteroatoms. The van der Waals surface area contributed by atoms with Crippen LogP contribution in [0.4, 0.5) is 13.2 Å². The van der Waals surface area contributed by atoms with Crippen molar-refractivity contribution in [3.63, 3.8) is 0 Å². The van der Waals surface area contributed by atoms with E-state index < -0.39 is 11.7 Å². The lowest BCUT2D eigenvalue weighted by Gasteiger charge is -2.17. The van der Waals surface area contributed by atoms with Gasteiger partial charge in [0.25, 0.3) is 0 Å². The molecule has 21 heavy (non-hydrogen) atoms. The van der Waals surface area contributed by atoms with Crippen molar-refractivity contribution < 1.29 is 17.9 Å². The molecule has 0 bridgehead atoms. The third-order valence-corrected chi connectivity index (χ3v) is 3.56. The molecule has 0 atom stereocenters. The van der Waals surface area contributed by atoms with E-state index in [1.165, 1.54) is 12.1 Å². The maximum atomic E-state index is 12.5. The van der Waals surface area contributed by atoms with Crippen LogP contribution in [0.15, 0.2) is 24.3 Å². The zero-order chi connectivity index (χ0) is 15.0. The Morgan fingerprint density at radius 3 is 2.48 bits per heavy atom. The quantitative estimate of drug-likeness (QED) is 0.749. The number of alkyl halides is 3. The Hall–Kier alpha value is -1.66. The van der Waals surface area contributed by atoms with E-state index in [1.807, 2.05) is 0 Å². The van der Waals surface area contributed by atoms with Gasteiger partial charge in [-0.2, -0.15) is 13.2 Å². The highest BCUT2D eigenvalue weighted by atomic mass is 35.5. The highest BCUT2D eigenvalue weighted by Gasteiger charge is 2.30. The Kier molecular flexibility index (Phi) is 3.59. The number of hydrogen-bond acceptors (Lipinski definition) is 3. The molecule has 1 aliphatic heterocycles. The van der Waals surface area contributed by atoms with Gasteiger partial charge < -0.3 is 4.74 Å². The van der Waals surface area contributed by atoms with Crippen molar-refractivity contribution in [3.8, 4) is 11.4 Å². The van der Waals surface area contributed by atoms with Gasteiger partial charge in [0.05, 0.1) is 24.5 Å². The molecule has 3 nitrogen and oxygen atoms in total. The first-order chi connectivity index (χ1) is 9.95. The van der Waals surface area contributed by atoms with Crippen LogP contribution < -0.4 is 0 Å². The molecule has 0 spiro atoms. The molecule has 1 aromatic carbocycles. The largest absolute Gasteiger partial charge is 0.416 e. The summed E-state index contributed by atoms with van der Waals surface area (Å²) in [4.78, 5) is 8.50. The SMILES string of the molecule is FC(F)(F)c1ccc(-c2nc(Cl)c3c(n2)COCC3)cc1. The average molecular weight is 315 g/mol. The third kappa shape index (κ3) is 2.87. The van der Waals surface area contributed by atoms with E-state index in [1.54, 1.807) is 0 Å². The van der Waals surface area contributed by atoms with E-state index in [9.17, 15) is 13.2 Å². The topological polar surface area (TPSA) is 35.0 Å².